The van der Waals surface area contributed by atoms with Gasteiger partial charge < -0.3 is 5.32 Å². The van der Waals surface area contributed by atoms with Crippen LogP contribution in [-0.4, -0.2) is 25.5 Å². The first-order valence-electron chi connectivity index (χ1n) is 8.94. The summed E-state index contributed by atoms with van der Waals surface area (Å²) in [6.45, 7) is 3.84. The van der Waals surface area contributed by atoms with E-state index < -0.39 is 16.8 Å². The number of thioether (sulfide) groups is 1. The number of hydrogen-bond donors (Lipinski definition) is 1. The van der Waals surface area contributed by atoms with E-state index >= 15 is 0 Å². The Bertz CT molecular complexity index is 1060. The number of carbonyl (C=O) groups excluding carboxylic acids is 1. The van der Waals surface area contributed by atoms with Crippen LogP contribution in [0.5, 0.6) is 0 Å². The van der Waals surface area contributed by atoms with Gasteiger partial charge in [-0.3, -0.25) is 9.36 Å². The second-order valence-electron chi connectivity index (χ2n) is 6.52. The van der Waals surface area contributed by atoms with Crippen LogP contribution in [-0.2, 0) is 10.5 Å². The molecule has 0 aliphatic heterocycles. The molecule has 1 heterocycles. The second-order valence-corrected chi connectivity index (χ2v) is 9.40. The number of nitrogens with zero attached hydrogens (tertiary/aromatic N) is 3. The van der Waals surface area contributed by atoms with Gasteiger partial charge in [-0.25, -0.2) is 0 Å². The Morgan fingerprint density at radius 3 is 2.57 bits per heavy atom. The fourth-order valence-corrected chi connectivity index (χ4v) is 4.45. The van der Waals surface area contributed by atoms with Crippen molar-refractivity contribution in [3.63, 3.8) is 0 Å². The Morgan fingerprint density at radius 2 is 1.90 bits per heavy atom. The molecular weight excluding hydrogens is 486 g/mol. The zero-order chi connectivity index (χ0) is 21.8. The van der Waals surface area contributed by atoms with Crippen LogP contribution in [0, 0.1) is 6.92 Å². The lowest BCUT2D eigenvalue weighted by atomic mass is 10.1. The van der Waals surface area contributed by atoms with Crippen LogP contribution in [0.2, 0.25) is 10.0 Å². The Labute approximate surface area is 199 Å². The zero-order valence-corrected chi connectivity index (χ0v) is 19.9. The highest BCUT2D eigenvalue weighted by atomic mass is 35.5. The molecule has 0 aliphatic carbocycles. The van der Waals surface area contributed by atoms with E-state index in [9.17, 15) is 4.79 Å². The highest BCUT2D eigenvalue weighted by Gasteiger charge is 2.24. The number of nitrogens with one attached hydrogen (secondary N) is 1. The second kappa shape index (κ2) is 10.2. The van der Waals surface area contributed by atoms with Crippen molar-refractivity contribution in [3.8, 4) is 5.69 Å². The molecule has 0 saturated carbocycles. The predicted molar refractivity (Wildman–Crippen MR) is 124 cm³/mol. The van der Waals surface area contributed by atoms with Crippen molar-refractivity contribution in [1.29, 1.82) is 0 Å². The number of rotatable bonds is 7. The first-order chi connectivity index (χ1) is 14.3. The average molecular weight is 504 g/mol. The molecule has 2 aromatic carbocycles. The molecule has 0 aliphatic rings. The van der Waals surface area contributed by atoms with Crippen molar-refractivity contribution in [2.24, 2.45) is 0 Å². The summed E-state index contributed by atoms with van der Waals surface area (Å²) < 4.78 is 1.81. The molecule has 0 radical (unpaired) electrons. The minimum Gasteiger partial charge on any atom is -0.344 e. The summed E-state index contributed by atoms with van der Waals surface area (Å²) >= 11 is 25.4. The molecule has 5 nitrogen and oxygen atoms in total. The van der Waals surface area contributed by atoms with E-state index in [1.54, 1.807) is 25.1 Å². The molecule has 0 fully saturated rings. The molecule has 0 spiro atoms. The Morgan fingerprint density at radius 1 is 1.17 bits per heavy atom. The highest BCUT2D eigenvalue weighted by Crippen LogP contribution is 2.32. The van der Waals surface area contributed by atoms with Crippen molar-refractivity contribution in [3.05, 3.63) is 69.5 Å². The van der Waals surface area contributed by atoms with Gasteiger partial charge in [-0.1, -0.05) is 82.4 Å². The van der Waals surface area contributed by atoms with Crippen LogP contribution >= 0.6 is 58.2 Å². The van der Waals surface area contributed by atoms with Crippen LogP contribution in [0.3, 0.4) is 0 Å². The number of aromatic nitrogens is 3. The zero-order valence-electron chi connectivity index (χ0n) is 16.1. The van der Waals surface area contributed by atoms with E-state index in [4.69, 9.17) is 46.4 Å². The lowest BCUT2D eigenvalue weighted by molar-refractivity contribution is -0.120. The van der Waals surface area contributed by atoms with Crippen molar-refractivity contribution < 1.29 is 4.79 Å². The van der Waals surface area contributed by atoms with Crippen molar-refractivity contribution >= 4 is 64.1 Å². The van der Waals surface area contributed by atoms with Crippen LogP contribution in [0.4, 0.5) is 0 Å². The van der Waals surface area contributed by atoms with Crippen molar-refractivity contribution in [1.82, 2.24) is 20.1 Å². The molecule has 158 valence electrons. The molecule has 1 aromatic heterocycles. The SMILES string of the molecule is Cc1ccccc1CSc1nnc(C(C)NC(=O)C(Cl)Cl)n1-c1ccc(Cl)cc1Cl. The summed E-state index contributed by atoms with van der Waals surface area (Å²) in [6, 6.07) is 12.8. The highest BCUT2D eigenvalue weighted by molar-refractivity contribution is 7.98. The van der Waals surface area contributed by atoms with Gasteiger partial charge in [-0.2, -0.15) is 0 Å². The molecule has 3 aromatic rings. The monoisotopic (exact) mass is 502 g/mol. The van der Waals surface area contributed by atoms with E-state index in [0.29, 0.717) is 32.5 Å². The summed E-state index contributed by atoms with van der Waals surface area (Å²) in [6.07, 6.45) is 0. The topological polar surface area (TPSA) is 59.8 Å². The lowest BCUT2D eigenvalue weighted by Gasteiger charge is -2.17. The minimum atomic E-state index is -1.18. The molecule has 30 heavy (non-hydrogen) atoms. The van der Waals surface area contributed by atoms with Crippen molar-refractivity contribution in [2.45, 2.75) is 35.6 Å². The molecule has 10 heteroatoms. The quantitative estimate of drug-likeness (QED) is 0.310. The van der Waals surface area contributed by atoms with E-state index in [2.05, 4.69) is 34.6 Å². The number of amides is 1. The molecule has 0 bridgehead atoms. The molecule has 1 amide bonds. The van der Waals surface area contributed by atoms with E-state index in [0.717, 1.165) is 0 Å². The van der Waals surface area contributed by atoms with Gasteiger partial charge in [-0.05, 0) is 43.2 Å². The summed E-state index contributed by atoms with van der Waals surface area (Å²) in [5.74, 6) is 0.674. The molecule has 1 atom stereocenters. The Kier molecular flexibility index (Phi) is 7.93. The van der Waals surface area contributed by atoms with Crippen LogP contribution in [0.15, 0.2) is 47.6 Å². The third-order valence-electron chi connectivity index (χ3n) is 4.37. The predicted octanol–water partition coefficient (Wildman–Crippen LogP) is 6.16. The fourth-order valence-electron chi connectivity index (χ4n) is 2.80. The van der Waals surface area contributed by atoms with Crippen molar-refractivity contribution in [2.75, 3.05) is 0 Å². The van der Waals surface area contributed by atoms with Gasteiger partial charge in [-0.15, -0.1) is 10.2 Å². The Hall–Kier alpha value is -1.44. The number of carbonyl (C=O) groups is 1. The molecule has 1 unspecified atom stereocenters. The normalized spacial score (nSPS) is 12.2. The molecule has 3 rings (SSSR count). The largest absolute Gasteiger partial charge is 0.344 e. The number of alkyl halides is 2. The van der Waals surface area contributed by atoms with Crippen LogP contribution < -0.4 is 5.32 Å². The Balaban J connectivity index is 1.99. The smallest absolute Gasteiger partial charge is 0.253 e. The minimum absolute atomic E-state index is 0.437. The summed E-state index contributed by atoms with van der Waals surface area (Å²) in [7, 11) is 0. The lowest BCUT2D eigenvalue weighted by Crippen LogP contribution is -2.32. The maximum Gasteiger partial charge on any atom is 0.253 e. The summed E-state index contributed by atoms with van der Waals surface area (Å²) in [5, 5.41) is 13.0. The average Bonchev–Trinajstić information content (AvgIpc) is 3.11. The third kappa shape index (κ3) is 5.42. The first-order valence-corrected chi connectivity index (χ1v) is 11.6. The van der Waals surface area contributed by atoms with Gasteiger partial charge in [0.2, 0.25) is 0 Å². The number of halogens is 4. The third-order valence-corrected chi connectivity index (χ3v) is 6.28. The summed E-state index contributed by atoms with van der Waals surface area (Å²) in [5.41, 5.74) is 3.04. The maximum absolute atomic E-state index is 12.0. The van der Waals surface area contributed by atoms with Crippen LogP contribution in [0.1, 0.15) is 29.9 Å². The molecule has 1 N–H and O–H groups in total. The van der Waals surface area contributed by atoms with E-state index in [1.807, 2.05) is 16.7 Å². The van der Waals surface area contributed by atoms with Crippen LogP contribution in [0.25, 0.3) is 5.69 Å². The maximum atomic E-state index is 12.0. The number of aryl methyl sites for hydroxylation is 1. The molecule has 0 saturated heterocycles. The van der Waals surface area contributed by atoms with Gasteiger partial charge >= 0.3 is 0 Å². The van der Waals surface area contributed by atoms with Gasteiger partial charge in [0.25, 0.3) is 5.91 Å². The summed E-state index contributed by atoms with van der Waals surface area (Å²) in [4.78, 5) is 10.8. The standard InChI is InChI=1S/C20H18Cl4N4OS/c1-11-5-3-4-6-13(11)10-30-20-27-26-18(12(2)25-19(29)17(23)24)28(20)16-8-7-14(21)9-15(16)22/h3-9,12,17H,10H2,1-2H3,(H,25,29). The van der Waals surface area contributed by atoms with Gasteiger partial charge in [0.1, 0.15) is 0 Å². The van der Waals surface area contributed by atoms with E-state index in [1.165, 1.54) is 22.9 Å². The number of benzene rings is 2. The van der Waals surface area contributed by atoms with E-state index in [-0.39, 0.29) is 0 Å². The van der Waals surface area contributed by atoms with Gasteiger partial charge in [0.05, 0.1) is 16.8 Å². The van der Waals surface area contributed by atoms with Gasteiger partial charge in [0, 0.05) is 10.8 Å². The molecular formula is C20H18Cl4N4OS. The fraction of sp³-hybridized carbons (Fsp3) is 0.250. The van der Waals surface area contributed by atoms with Gasteiger partial charge in [0.15, 0.2) is 15.8 Å². The first kappa shape index (κ1) is 23.2. The number of hydrogen-bond acceptors (Lipinski definition) is 4.